The van der Waals surface area contributed by atoms with Crippen LogP contribution in [0.25, 0.3) is 21.2 Å². The van der Waals surface area contributed by atoms with Gasteiger partial charge in [0.25, 0.3) is 0 Å². The van der Waals surface area contributed by atoms with Crippen LogP contribution in [0.4, 0.5) is 0 Å². The Hall–Kier alpha value is -2.20. The summed E-state index contributed by atoms with van der Waals surface area (Å²) in [6.45, 7) is 0. The molecule has 2 heterocycles. The van der Waals surface area contributed by atoms with E-state index in [2.05, 4.69) is 17.1 Å². The lowest BCUT2D eigenvalue weighted by Gasteiger charge is -2.03. The van der Waals surface area contributed by atoms with E-state index in [0.29, 0.717) is 0 Å². The Labute approximate surface area is 107 Å². The molecule has 0 atom stereocenters. The Kier molecular flexibility index (Phi) is 2.57. The molecule has 88 valence electrons. The summed E-state index contributed by atoms with van der Waals surface area (Å²) >= 11 is 1.68. The lowest BCUT2D eigenvalue weighted by atomic mass is 10.1. The van der Waals surface area contributed by atoms with Crippen molar-refractivity contribution in [2.45, 2.75) is 0 Å². The molecule has 1 N–H and O–H groups in total. The maximum atomic E-state index is 10.8. The van der Waals surface area contributed by atoms with Gasteiger partial charge in [0.15, 0.2) is 0 Å². The lowest BCUT2D eigenvalue weighted by Crippen LogP contribution is -1.99. The molecule has 3 rings (SSSR count). The number of hydrogen-bond acceptors (Lipinski definition) is 3. The highest BCUT2D eigenvalue weighted by Gasteiger charge is 2.07. The van der Waals surface area contributed by atoms with Gasteiger partial charge in [-0.2, -0.15) is 0 Å². The quantitative estimate of drug-likeness (QED) is 0.760. The molecule has 0 radical (unpaired) electrons. The molecular formula is C14H9NO2S. The second-order valence-electron chi connectivity index (χ2n) is 3.88. The molecule has 0 aliphatic rings. The van der Waals surface area contributed by atoms with Crippen molar-refractivity contribution in [1.82, 2.24) is 4.98 Å². The summed E-state index contributed by atoms with van der Waals surface area (Å²) in [6, 6.07) is 11.5. The van der Waals surface area contributed by atoms with Crippen LogP contribution in [0.3, 0.4) is 0 Å². The van der Waals surface area contributed by atoms with E-state index in [1.807, 2.05) is 17.5 Å². The number of rotatable bonds is 2. The van der Waals surface area contributed by atoms with Crippen molar-refractivity contribution in [2.24, 2.45) is 0 Å². The minimum absolute atomic E-state index is 0.0668. The molecule has 0 saturated heterocycles. The molecule has 3 nitrogen and oxygen atoms in total. The summed E-state index contributed by atoms with van der Waals surface area (Å²) in [5.41, 5.74) is 2.09. The number of thiophene rings is 1. The largest absolute Gasteiger partial charge is 0.477 e. The van der Waals surface area contributed by atoms with Gasteiger partial charge in [-0.05, 0) is 22.9 Å². The van der Waals surface area contributed by atoms with Gasteiger partial charge >= 0.3 is 5.97 Å². The zero-order valence-corrected chi connectivity index (χ0v) is 10.1. The summed E-state index contributed by atoms with van der Waals surface area (Å²) in [6.07, 6.45) is 1.61. The fourth-order valence-electron chi connectivity index (χ4n) is 1.90. The number of aromatic nitrogens is 1. The molecule has 4 heteroatoms. The van der Waals surface area contributed by atoms with Crippen LogP contribution in [-0.2, 0) is 0 Å². The zero-order chi connectivity index (χ0) is 12.5. The topological polar surface area (TPSA) is 50.2 Å². The van der Waals surface area contributed by atoms with Gasteiger partial charge in [-0.25, -0.2) is 9.78 Å². The number of carboxylic acid groups (broad SMARTS) is 1. The van der Waals surface area contributed by atoms with Crippen molar-refractivity contribution >= 4 is 27.4 Å². The van der Waals surface area contributed by atoms with E-state index < -0.39 is 5.97 Å². The van der Waals surface area contributed by atoms with Gasteiger partial charge in [0, 0.05) is 22.0 Å². The Morgan fingerprint density at radius 2 is 2.06 bits per heavy atom. The average Bonchev–Trinajstić information content (AvgIpc) is 2.87. The second-order valence-corrected chi connectivity index (χ2v) is 4.80. The van der Waals surface area contributed by atoms with Gasteiger partial charge in [-0.3, -0.25) is 0 Å². The van der Waals surface area contributed by atoms with Crippen LogP contribution in [-0.4, -0.2) is 16.1 Å². The minimum Gasteiger partial charge on any atom is -0.477 e. The predicted octanol–water partition coefficient (Wildman–Crippen LogP) is 3.66. The molecule has 3 aromatic rings. The molecule has 0 amide bonds. The standard InChI is InChI=1S/C14H9NO2S/c16-14(17)12-5-4-10(8-15-12)11-3-1-2-9-6-7-18-13(9)11/h1-8H,(H,16,17). The molecule has 1 aromatic carbocycles. The van der Waals surface area contributed by atoms with Crippen molar-refractivity contribution in [1.29, 1.82) is 0 Å². The number of pyridine rings is 1. The Bertz CT molecular complexity index is 716. The van der Waals surface area contributed by atoms with Gasteiger partial charge in [0.1, 0.15) is 5.69 Å². The molecule has 0 unspecified atom stereocenters. The summed E-state index contributed by atoms with van der Waals surface area (Å²) in [5.74, 6) is -1.00. The lowest BCUT2D eigenvalue weighted by molar-refractivity contribution is 0.0690. The normalized spacial score (nSPS) is 10.7. The third-order valence-corrected chi connectivity index (χ3v) is 3.74. The van der Waals surface area contributed by atoms with Gasteiger partial charge < -0.3 is 5.11 Å². The monoisotopic (exact) mass is 255 g/mol. The Balaban J connectivity index is 2.14. The first-order valence-electron chi connectivity index (χ1n) is 5.41. The zero-order valence-electron chi connectivity index (χ0n) is 9.33. The number of hydrogen-bond donors (Lipinski definition) is 1. The molecule has 2 aromatic heterocycles. The van der Waals surface area contributed by atoms with Gasteiger partial charge in [-0.15, -0.1) is 11.3 Å². The first-order chi connectivity index (χ1) is 8.75. The van der Waals surface area contributed by atoms with Crippen LogP contribution in [0.5, 0.6) is 0 Å². The van der Waals surface area contributed by atoms with E-state index in [1.54, 1.807) is 23.6 Å². The van der Waals surface area contributed by atoms with Crippen molar-refractivity contribution in [3.05, 3.63) is 53.7 Å². The highest BCUT2D eigenvalue weighted by Crippen LogP contribution is 2.32. The van der Waals surface area contributed by atoms with Gasteiger partial charge in [0.05, 0.1) is 0 Å². The number of carbonyl (C=O) groups is 1. The highest BCUT2D eigenvalue weighted by molar-refractivity contribution is 7.17. The molecule has 0 saturated carbocycles. The number of benzene rings is 1. The highest BCUT2D eigenvalue weighted by atomic mass is 32.1. The van der Waals surface area contributed by atoms with Gasteiger partial charge in [0.2, 0.25) is 0 Å². The van der Waals surface area contributed by atoms with E-state index in [-0.39, 0.29) is 5.69 Å². The predicted molar refractivity (Wildman–Crippen MR) is 72.0 cm³/mol. The minimum atomic E-state index is -1.00. The third kappa shape index (κ3) is 1.76. The van der Waals surface area contributed by atoms with E-state index in [4.69, 9.17) is 5.11 Å². The summed E-state index contributed by atoms with van der Waals surface area (Å²) in [7, 11) is 0. The summed E-state index contributed by atoms with van der Waals surface area (Å²) in [4.78, 5) is 14.7. The van der Waals surface area contributed by atoms with E-state index >= 15 is 0 Å². The molecule has 18 heavy (non-hydrogen) atoms. The van der Waals surface area contributed by atoms with E-state index in [1.165, 1.54) is 16.2 Å². The van der Waals surface area contributed by atoms with Crippen LogP contribution < -0.4 is 0 Å². The molecule has 0 aliphatic carbocycles. The average molecular weight is 255 g/mol. The van der Waals surface area contributed by atoms with E-state index in [9.17, 15) is 4.79 Å². The molecule has 0 fully saturated rings. The van der Waals surface area contributed by atoms with Crippen LogP contribution in [0.15, 0.2) is 48.0 Å². The fraction of sp³-hybridized carbons (Fsp3) is 0. The van der Waals surface area contributed by atoms with Crippen molar-refractivity contribution in [3.8, 4) is 11.1 Å². The van der Waals surface area contributed by atoms with Crippen molar-refractivity contribution in [3.63, 3.8) is 0 Å². The molecule has 0 bridgehead atoms. The van der Waals surface area contributed by atoms with Crippen LogP contribution >= 0.6 is 11.3 Å². The molecule has 0 spiro atoms. The summed E-state index contributed by atoms with van der Waals surface area (Å²) < 4.78 is 1.20. The first kappa shape index (κ1) is 10.9. The Morgan fingerprint density at radius 1 is 1.17 bits per heavy atom. The maximum absolute atomic E-state index is 10.8. The Morgan fingerprint density at radius 3 is 2.78 bits per heavy atom. The van der Waals surface area contributed by atoms with Crippen molar-refractivity contribution in [2.75, 3.05) is 0 Å². The molecule has 0 aliphatic heterocycles. The fourth-order valence-corrected chi connectivity index (χ4v) is 2.84. The SMILES string of the molecule is O=C(O)c1ccc(-c2cccc3ccsc23)cn1. The number of fused-ring (bicyclic) bond motifs is 1. The van der Waals surface area contributed by atoms with Crippen LogP contribution in [0.2, 0.25) is 0 Å². The number of nitrogens with zero attached hydrogens (tertiary/aromatic N) is 1. The maximum Gasteiger partial charge on any atom is 0.354 e. The molecular weight excluding hydrogens is 246 g/mol. The van der Waals surface area contributed by atoms with Crippen LogP contribution in [0, 0.1) is 0 Å². The first-order valence-corrected chi connectivity index (χ1v) is 6.29. The van der Waals surface area contributed by atoms with E-state index in [0.717, 1.165) is 11.1 Å². The number of aromatic carboxylic acids is 1. The second kappa shape index (κ2) is 4.23. The third-order valence-electron chi connectivity index (χ3n) is 2.77. The number of carboxylic acids is 1. The van der Waals surface area contributed by atoms with Crippen LogP contribution in [0.1, 0.15) is 10.5 Å². The summed E-state index contributed by atoms with van der Waals surface area (Å²) in [5, 5.41) is 12.1. The van der Waals surface area contributed by atoms with Gasteiger partial charge in [-0.1, -0.05) is 24.3 Å². The van der Waals surface area contributed by atoms with Crippen molar-refractivity contribution < 1.29 is 9.90 Å². The smallest absolute Gasteiger partial charge is 0.354 e.